The molecule has 2 aromatic rings. The molecular formula is C15H14O5. The van der Waals surface area contributed by atoms with Gasteiger partial charge in [-0.25, -0.2) is 4.79 Å². The highest BCUT2D eigenvalue weighted by atomic mass is 16.5. The average Bonchev–Trinajstić information content (AvgIpc) is 2.46. The van der Waals surface area contributed by atoms with E-state index in [0.717, 1.165) is 0 Å². The Morgan fingerprint density at radius 2 is 1.95 bits per heavy atom. The number of hydrogen-bond acceptors (Lipinski definition) is 4. The molecule has 0 atom stereocenters. The van der Waals surface area contributed by atoms with Gasteiger partial charge in [0.15, 0.2) is 11.5 Å². The highest BCUT2D eigenvalue weighted by molar-refractivity contribution is 5.89. The Balaban J connectivity index is 2.21. The van der Waals surface area contributed by atoms with Crippen molar-refractivity contribution in [2.24, 2.45) is 0 Å². The number of aromatic carboxylic acids is 1. The molecule has 0 fully saturated rings. The van der Waals surface area contributed by atoms with E-state index >= 15 is 0 Å². The number of rotatable bonds is 5. The van der Waals surface area contributed by atoms with Crippen molar-refractivity contribution in [3.63, 3.8) is 0 Å². The maximum absolute atomic E-state index is 11.2. The molecule has 0 bridgehead atoms. The van der Waals surface area contributed by atoms with Gasteiger partial charge < -0.3 is 19.7 Å². The molecule has 0 radical (unpaired) electrons. The number of phenolic OH excluding ortho intramolecular Hbond substituents is 1. The van der Waals surface area contributed by atoms with Crippen LogP contribution in [0.4, 0.5) is 0 Å². The van der Waals surface area contributed by atoms with E-state index in [1.54, 1.807) is 30.3 Å². The van der Waals surface area contributed by atoms with Crippen LogP contribution in [0.3, 0.4) is 0 Å². The Hall–Kier alpha value is -2.69. The highest BCUT2D eigenvalue weighted by Crippen LogP contribution is 2.26. The van der Waals surface area contributed by atoms with Gasteiger partial charge in [-0.1, -0.05) is 18.2 Å². The van der Waals surface area contributed by atoms with Crippen LogP contribution in [0.2, 0.25) is 0 Å². The fourth-order valence-corrected chi connectivity index (χ4v) is 1.74. The van der Waals surface area contributed by atoms with E-state index in [0.29, 0.717) is 17.1 Å². The Morgan fingerprint density at radius 3 is 2.60 bits per heavy atom. The fraction of sp³-hybridized carbons (Fsp3) is 0.133. The third kappa shape index (κ3) is 3.00. The van der Waals surface area contributed by atoms with Crippen LogP contribution in [0.25, 0.3) is 0 Å². The molecule has 0 aromatic heterocycles. The second-order valence-corrected chi connectivity index (χ2v) is 4.08. The van der Waals surface area contributed by atoms with Gasteiger partial charge in [-0.3, -0.25) is 0 Å². The number of para-hydroxylation sites is 2. The number of benzene rings is 2. The number of aromatic hydroxyl groups is 1. The van der Waals surface area contributed by atoms with Crippen LogP contribution in [-0.4, -0.2) is 23.3 Å². The van der Waals surface area contributed by atoms with E-state index in [4.69, 9.17) is 9.47 Å². The van der Waals surface area contributed by atoms with Crippen LogP contribution in [0.5, 0.6) is 17.2 Å². The number of hydrogen-bond donors (Lipinski definition) is 2. The second-order valence-electron chi connectivity index (χ2n) is 4.08. The third-order valence-electron chi connectivity index (χ3n) is 2.80. The van der Waals surface area contributed by atoms with Gasteiger partial charge in [0, 0.05) is 5.56 Å². The van der Waals surface area contributed by atoms with Gasteiger partial charge in [0.2, 0.25) is 0 Å². The number of carboxylic acids is 1. The van der Waals surface area contributed by atoms with E-state index in [1.807, 2.05) is 0 Å². The lowest BCUT2D eigenvalue weighted by Gasteiger charge is -2.11. The van der Waals surface area contributed by atoms with Crippen LogP contribution in [-0.2, 0) is 6.61 Å². The summed E-state index contributed by atoms with van der Waals surface area (Å²) in [5.41, 5.74) is 0.612. The molecule has 2 rings (SSSR count). The van der Waals surface area contributed by atoms with Crippen molar-refractivity contribution >= 4 is 5.97 Å². The molecule has 5 heteroatoms. The van der Waals surface area contributed by atoms with Crippen molar-refractivity contribution in [1.29, 1.82) is 0 Å². The molecule has 0 amide bonds. The first-order valence-corrected chi connectivity index (χ1v) is 5.93. The molecule has 0 heterocycles. The van der Waals surface area contributed by atoms with Crippen molar-refractivity contribution < 1.29 is 24.5 Å². The molecule has 0 aliphatic rings. The molecule has 0 spiro atoms. The van der Waals surface area contributed by atoms with Gasteiger partial charge in [0.05, 0.1) is 12.7 Å². The topological polar surface area (TPSA) is 76.0 Å². The molecule has 0 unspecified atom stereocenters. The van der Waals surface area contributed by atoms with Crippen LogP contribution in [0, 0.1) is 0 Å². The van der Waals surface area contributed by atoms with Crippen molar-refractivity contribution in [3.05, 3.63) is 53.6 Å². The SMILES string of the molecule is COc1ccc(COc2ccccc2O)c(C(=O)O)c1. The zero-order chi connectivity index (χ0) is 14.5. The van der Waals surface area contributed by atoms with E-state index < -0.39 is 5.97 Å². The Morgan fingerprint density at radius 1 is 1.20 bits per heavy atom. The summed E-state index contributed by atoms with van der Waals surface area (Å²) >= 11 is 0. The Kier molecular flexibility index (Phi) is 4.10. The summed E-state index contributed by atoms with van der Waals surface area (Å²) in [6, 6.07) is 11.2. The van der Waals surface area contributed by atoms with Crippen molar-refractivity contribution in [2.45, 2.75) is 6.61 Å². The molecule has 104 valence electrons. The lowest BCUT2D eigenvalue weighted by molar-refractivity contribution is 0.0693. The number of ether oxygens (including phenoxy) is 2. The van der Waals surface area contributed by atoms with Gasteiger partial charge in [-0.15, -0.1) is 0 Å². The van der Waals surface area contributed by atoms with Crippen LogP contribution >= 0.6 is 0 Å². The average molecular weight is 274 g/mol. The van der Waals surface area contributed by atoms with E-state index in [9.17, 15) is 15.0 Å². The standard InChI is InChI=1S/C15H14O5/c1-19-11-7-6-10(12(8-11)15(17)18)9-20-14-5-3-2-4-13(14)16/h2-8,16H,9H2,1H3,(H,17,18). The summed E-state index contributed by atoms with van der Waals surface area (Å²) in [6.07, 6.45) is 0. The van der Waals surface area contributed by atoms with Crippen molar-refractivity contribution in [2.75, 3.05) is 7.11 Å². The van der Waals surface area contributed by atoms with Gasteiger partial charge in [-0.2, -0.15) is 0 Å². The van der Waals surface area contributed by atoms with Crippen molar-refractivity contribution in [3.8, 4) is 17.2 Å². The summed E-state index contributed by atoms with van der Waals surface area (Å²) in [5, 5.41) is 18.8. The number of carbonyl (C=O) groups is 1. The van der Waals surface area contributed by atoms with Crippen LogP contribution in [0.1, 0.15) is 15.9 Å². The largest absolute Gasteiger partial charge is 0.504 e. The summed E-state index contributed by atoms with van der Waals surface area (Å²) < 4.78 is 10.4. The summed E-state index contributed by atoms with van der Waals surface area (Å²) in [4.78, 5) is 11.2. The predicted molar refractivity (Wildman–Crippen MR) is 72.4 cm³/mol. The molecule has 5 nitrogen and oxygen atoms in total. The fourth-order valence-electron chi connectivity index (χ4n) is 1.74. The van der Waals surface area contributed by atoms with E-state index in [2.05, 4.69) is 0 Å². The maximum Gasteiger partial charge on any atom is 0.336 e. The monoisotopic (exact) mass is 274 g/mol. The highest BCUT2D eigenvalue weighted by Gasteiger charge is 2.12. The minimum atomic E-state index is -1.06. The smallest absolute Gasteiger partial charge is 0.336 e. The van der Waals surface area contributed by atoms with Gasteiger partial charge in [0.25, 0.3) is 0 Å². The first kappa shape index (κ1) is 13.7. The number of methoxy groups -OCH3 is 1. The first-order chi connectivity index (χ1) is 9.61. The van der Waals surface area contributed by atoms with Gasteiger partial charge >= 0.3 is 5.97 Å². The first-order valence-electron chi connectivity index (χ1n) is 5.93. The van der Waals surface area contributed by atoms with Gasteiger partial charge in [-0.05, 0) is 24.3 Å². The van der Waals surface area contributed by atoms with Crippen molar-refractivity contribution in [1.82, 2.24) is 0 Å². The summed E-state index contributed by atoms with van der Waals surface area (Å²) in [7, 11) is 1.47. The minimum Gasteiger partial charge on any atom is -0.504 e. The quantitative estimate of drug-likeness (QED) is 0.876. The molecule has 0 saturated carbocycles. The molecule has 0 aliphatic heterocycles. The lowest BCUT2D eigenvalue weighted by Crippen LogP contribution is -2.06. The molecule has 2 aromatic carbocycles. The zero-order valence-corrected chi connectivity index (χ0v) is 10.9. The van der Waals surface area contributed by atoms with Crippen LogP contribution in [0.15, 0.2) is 42.5 Å². The van der Waals surface area contributed by atoms with E-state index in [1.165, 1.54) is 19.2 Å². The zero-order valence-electron chi connectivity index (χ0n) is 10.9. The number of carboxylic acid groups (broad SMARTS) is 1. The second kappa shape index (κ2) is 5.97. The predicted octanol–water partition coefficient (Wildman–Crippen LogP) is 2.68. The molecular weight excluding hydrogens is 260 g/mol. The molecule has 2 N–H and O–H groups in total. The normalized spacial score (nSPS) is 10.1. The third-order valence-corrected chi connectivity index (χ3v) is 2.80. The Bertz CT molecular complexity index is 621. The maximum atomic E-state index is 11.2. The lowest BCUT2D eigenvalue weighted by atomic mass is 10.1. The number of phenols is 1. The van der Waals surface area contributed by atoms with Gasteiger partial charge in [0.1, 0.15) is 12.4 Å². The minimum absolute atomic E-state index is 0.0119. The molecule has 20 heavy (non-hydrogen) atoms. The van der Waals surface area contributed by atoms with Crippen LogP contribution < -0.4 is 9.47 Å². The summed E-state index contributed by atoms with van der Waals surface area (Å²) in [5.74, 6) is -0.272. The Labute approximate surface area is 116 Å². The van der Waals surface area contributed by atoms with E-state index in [-0.39, 0.29) is 17.9 Å². The molecule has 0 aliphatic carbocycles. The molecule has 0 saturated heterocycles. The summed E-state index contributed by atoms with van der Waals surface area (Å²) in [6.45, 7) is 0.0448.